The Balaban J connectivity index is 1.63. The largest absolute Gasteiger partial charge is 0.433 e. The van der Waals surface area contributed by atoms with Crippen molar-refractivity contribution >= 4 is 34.5 Å². The number of rotatable bonds is 6. The van der Waals surface area contributed by atoms with Gasteiger partial charge in [0.15, 0.2) is 0 Å². The Morgan fingerprint density at radius 2 is 2.00 bits per heavy atom. The maximum absolute atomic E-state index is 12.2. The molecule has 2 aromatic carbocycles. The summed E-state index contributed by atoms with van der Waals surface area (Å²) in [6.45, 7) is -2.96. The summed E-state index contributed by atoms with van der Waals surface area (Å²) in [6, 6.07) is 13.8. The first-order chi connectivity index (χ1) is 12.5. The van der Waals surface area contributed by atoms with Gasteiger partial charge in [-0.25, -0.2) is 4.98 Å². The van der Waals surface area contributed by atoms with Crippen LogP contribution < -0.4 is 10.1 Å². The first kappa shape index (κ1) is 18.3. The molecule has 134 valence electrons. The molecule has 1 aromatic heterocycles. The molecule has 0 unspecified atom stereocenters. The van der Waals surface area contributed by atoms with Crippen molar-refractivity contribution < 1.29 is 18.3 Å². The minimum Gasteiger partial charge on any atom is -0.433 e. The third-order valence-electron chi connectivity index (χ3n) is 3.35. The van der Waals surface area contributed by atoms with Crippen LogP contribution in [0.5, 0.6) is 5.75 Å². The van der Waals surface area contributed by atoms with Crippen molar-refractivity contribution in [3.63, 3.8) is 0 Å². The van der Waals surface area contributed by atoms with Crippen LogP contribution in [0.25, 0.3) is 10.6 Å². The predicted octanol–water partition coefficient (Wildman–Crippen LogP) is 5.25. The van der Waals surface area contributed by atoms with Gasteiger partial charge >= 0.3 is 6.61 Å². The lowest BCUT2D eigenvalue weighted by atomic mass is 10.2. The van der Waals surface area contributed by atoms with Crippen molar-refractivity contribution in [2.45, 2.75) is 13.0 Å². The lowest BCUT2D eigenvalue weighted by Crippen LogP contribution is -2.14. The van der Waals surface area contributed by atoms with Crippen LogP contribution in [-0.4, -0.2) is 17.5 Å². The van der Waals surface area contributed by atoms with Gasteiger partial charge in [0, 0.05) is 16.6 Å². The number of nitrogens with zero attached hydrogens (tertiary/aromatic N) is 1. The fourth-order valence-corrected chi connectivity index (χ4v) is 3.29. The number of hydrogen-bond acceptors (Lipinski definition) is 4. The smallest absolute Gasteiger partial charge is 0.387 e. The summed E-state index contributed by atoms with van der Waals surface area (Å²) in [6.07, 6.45) is 0.0935. The number of anilines is 1. The zero-order valence-electron chi connectivity index (χ0n) is 13.3. The maximum atomic E-state index is 12.2. The van der Waals surface area contributed by atoms with E-state index in [2.05, 4.69) is 15.0 Å². The Morgan fingerprint density at radius 3 is 2.69 bits per heavy atom. The Morgan fingerprint density at radius 1 is 1.23 bits per heavy atom. The van der Waals surface area contributed by atoms with Gasteiger partial charge in [0.2, 0.25) is 5.91 Å². The summed E-state index contributed by atoms with van der Waals surface area (Å²) in [5, 5.41) is 5.31. The number of thiazole rings is 1. The SMILES string of the molecule is O=C(Cc1csc(-c2ccccc2)n1)Nc1ccc(OC(F)F)c(Cl)c1. The number of aromatic nitrogens is 1. The van der Waals surface area contributed by atoms with Crippen molar-refractivity contribution in [3.05, 3.63) is 64.6 Å². The lowest BCUT2D eigenvalue weighted by molar-refractivity contribution is -0.115. The number of halogens is 3. The van der Waals surface area contributed by atoms with Gasteiger partial charge in [-0.15, -0.1) is 11.3 Å². The van der Waals surface area contributed by atoms with Gasteiger partial charge in [-0.05, 0) is 18.2 Å². The fourth-order valence-electron chi connectivity index (χ4n) is 2.24. The molecule has 1 N–H and O–H groups in total. The number of ether oxygens (including phenoxy) is 1. The molecule has 0 aliphatic heterocycles. The first-order valence-corrected chi connectivity index (χ1v) is 8.81. The molecule has 0 fully saturated rings. The highest BCUT2D eigenvalue weighted by molar-refractivity contribution is 7.13. The standard InChI is InChI=1S/C18H13ClF2N2O2S/c19-14-8-12(6-7-15(14)25-18(20)21)22-16(24)9-13-10-26-17(23-13)11-4-2-1-3-5-11/h1-8,10,18H,9H2,(H,22,24). The molecule has 0 aliphatic rings. The fraction of sp³-hybridized carbons (Fsp3) is 0.111. The van der Waals surface area contributed by atoms with E-state index in [1.807, 2.05) is 35.7 Å². The van der Waals surface area contributed by atoms with Crippen molar-refractivity contribution in [1.29, 1.82) is 0 Å². The van der Waals surface area contributed by atoms with Gasteiger partial charge < -0.3 is 10.1 Å². The summed E-state index contributed by atoms with van der Waals surface area (Å²) in [5.41, 5.74) is 2.03. The van der Waals surface area contributed by atoms with Crippen molar-refractivity contribution in [3.8, 4) is 16.3 Å². The summed E-state index contributed by atoms with van der Waals surface area (Å²) in [5.74, 6) is -0.430. The third-order valence-corrected chi connectivity index (χ3v) is 4.58. The Bertz CT molecular complexity index is 903. The van der Waals surface area contributed by atoms with Gasteiger partial charge in [0.1, 0.15) is 10.8 Å². The average molecular weight is 395 g/mol. The highest BCUT2D eigenvalue weighted by Crippen LogP contribution is 2.29. The third kappa shape index (κ3) is 4.77. The lowest BCUT2D eigenvalue weighted by Gasteiger charge is -2.09. The van der Waals surface area contributed by atoms with Crippen molar-refractivity contribution in [2.24, 2.45) is 0 Å². The predicted molar refractivity (Wildman–Crippen MR) is 98.0 cm³/mol. The van der Waals surface area contributed by atoms with Crippen LogP contribution in [0.1, 0.15) is 5.69 Å². The Kier molecular flexibility index (Phi) is 5.80. The van der Waals surface area contributed by atoms with E-state index < -0.39 is 6.61 Å². The van der Waals surface area contributed by atoms with E-state index in [1.54, 1.807) is 0 Å². The second kappa shape index (κ2) is 8.25. The van der Waals surface area contributed by atoms with Gasteiger partial charge in [0.25, 0.3) is 0 Å². The maximum Gasteiger partial charge on any atom is 0.387 e. The van der Waals surface area contributed by atoms with E-state index in [0.29, 0.717) is 11.4 Å². The van der Waals surface area contributed by atoms with Crippen LogP contribution in [0.3, 0.4) is 0 Å². The van der Waals surface area contributed by atoms with E-state index in [9.17, 15) is 13.6 Å². The Labute approximate surface area is 157 Å². The molecule has 8 heteroatoms. The van der Waals surface area contributed by atoms with Gasteiger partial charge in [-0.2, -0.15) is 8.78 Å². The van der Waals surface area contributed by atoms with Crippen LogP contribution in [-0.2, 0) is 11.2 Å². The second-order valence-corrected chi connectivity index (χ2v) is 6.52. The van der Waals surface area contributed by atoms with Crippen molar-refractivity contribution in [2.75, 3.05) is 5.32 Å². The summed E-state index contributed by atoms with van der Waals surface area (Å²) in [7, 11) is 0. The molecular weight excluding hydrogens is 382 g/mol. The van der Waals surface area contributed by atoms with E-state index in [1.165, 1.54) is 29.5 Å². The minimum atomic E-state index is -2.96. The van der Waals surface area contributed by atoms with Crippen molar-refractivity contribution in [1.82, 2.24) is 4.98 Å². The molecule has 3 aromatic rings. The van der Waals surface area contributed by atoms with Gasteiger partial charge in [-0.1, -0.05) is 41.9 Å². The molecule has 0 aliphatic carbocycles. The Hall–Kier alpha value is -2.51. The average Bonchev–Trinajstić information content (AvgIpc) is 3.06. The molecular formula is C18H13ClF2N2O2S. The van der Waals surface area contributed by atoms with Crippen LogP contribution in [0.4, 0.5) is 14.5 Å². The monoisotopic (exact) mass is 394 g/mol. The van der Waals surface area contributed by atoms with Crippen LogP contribution in [0.2, 0.25) is 5.02 Å². The molecule has 26 heavy (non-hydrogen) atoms. The molecule has 1 heterocycles. The molecule has 0 bridgehead atoms. The summed E-state index contributed by atoms with van der Waals surface area (Å²) < 4.78 is 28.7. The molecule has 4 nitrogen and oxygen atoms in total. The highest BCUT2D eigenvalue weighted by Gasteiger charge is 2.12. The number of nitrogens with one attached hydrogen (secondary N) is 1. The number of amides is 1. The summed E-state index contributed by atoms with van der Waals surface area (Å²) >= 11 is 7.33. The van der Waals surface area contributed by atoms with Gasteiger partial charge in [0.05, 0.1) is 17.1 Å². The number of carbonyl (C=O) groups excluding carboxylic acids is 1. The number of hydrogen-bond donors (Lipinski definition) is 1. The van der Waals surface area contributed by atoms with Crippen LogP contribution in [0, 0.1) is 0 Å². The van der Waals surface area contributed by atoms with Crippen LogP contribution >= 0.6 is 22.9 Å². The molecule has 0 atom stereocenters. The number of alkyl halides is 2. The summed E-state index contributed by atoms with van der Waals surface area (Å²) in [4.78, 5) is 16.6. The first-order valence-electron chi connectivity index (χ1n) is 7.55. The number of benzene rings is 2. The zero-order chi connectivity index (χ0) is 18.5. The topological polar surface area (TPSA) is 51.2 Å². The minimum absolute atomic E-state index is 0.0110. The number of carbonyl (C=O) groups is 1. The molecule has 0 saturated carbocycles. The second-order valence-electron chi connectivity index (χ2n) is 5.26. The molecule has 0 radical (unpaired) electrons. The van der Waals surface area contributed by atoms with E-state index in [0.717, 1.165) is 10.6 Å². The van der Waals surface area contributed by atoms with Gasteiger partial charge in [-0.3, -0.25) is 4.79 Å². The van der Waals surface area contributed by atoms with E-state index in [4.69, 9.17) is 11.6 Å². The quantitative estimate of drug-likeness (QED) is 0.621. The molecule has 0 saturated heterocycles. The zero-order valence-corrected chi connectivity index (χ0v) is 14.9. The van der Waals surface area contributed by atoms with Crippen LogP contribution in [0.15, 0.2) is 53.9 Å². The van der Waals surface area contributed by atoms with E-state index >= 15 is 0 Å². The molecule has 1 amide bonds. The molecule has 3 rings (SSSR count). The molecule has 0 spiro atoms. The normalized spacial score (nSPS) is 10.8. The highest BCUT2D eigenvalue weighted by atomic mass is 35.5. The van der Waals surface area contributed by atoms with E-state index in [-0.39, 0.29) is 23.1 Å².